The first-order valence-electron chi connectivity index (χ1n) is 9.86. The number of hydrogen-bond acceptors (Lipinski definition) is 4. The van der Waals surface area contributed by atoms with Crippen LogP contribution in [0.25, 0.3) is 11.0 Å². The summed E-state index contributed by atoms with van der Waals surface area (Å²) < 4.78 is 1.40. The van der Waals surface area contributed by atoms with Crippen molar-refractivity contribution in [2.24, 2.45) is 0 Å². The number of aromatic amines is 1. The second-order valence-electron chi connectivity index (χ2n) is 6.85. The molecule has 0 fully saturated rings. The summed E-state index contributed by atoms with van der Waals surface area (Å²) in [5.41, 5.74) is 2.01. The van der Waals surface area contributed by atoms with E-state index in [0.717, 1.165) is 25.2 Å². The molecule has 0 saturated carbocycles. The Morgan fingerprint density at radius 1 is 1.07 bits per heavy atom. The van der Waals surface area contributed by atoms with Gasteiger partial charge in [-0.25, -0.2) is 0 Å². The van der Waals surface area contributed by atoms with Crippen LogP contribution in [0, 0.1) is 0 Å². The summed E-state index contributed by atoms with van der Waals surface area (Å²) in [6.45, 7) is 9.17. The van der Waals surface area contributed by atoms with Crippen molar-refractivity contribution in [2.45, 2.75) is 33.9 Å². The van der Waals surface area contributed by atoms with Gasteiger partial charge in [-0.1, -0.05) is 26.0 Å². The van der Waals surface area contributed by atoms with E-state index in [-0.39, 0.29) is 5.91 Å². The molecule has 0 radical (unpaired) electrons. The monoisotopic (exact) mass is 394 g/mol. The Bertz CT molecular complexity index is 1140. The Morgan fingerprint density at radius 2 is 1.83 bits per heavy atom. The number of aryl methyl sites for hydroxylation is 1. The van der Waals surface area contributed by atoms with E-state index in [0.29, 0.717) is 28.8 Å². The average molecular weight is 394 g/mol. The second kappa shape index (κ2) is 8.87. The van der Waals surface area contributed by atoms with Gasteiger partial charge < -0.3 is 14.9 Å². The van der Waals surface area contributed by atoms with Crippen molar-refractivity contribution in [3.8, 4) is 0 Å². The standard InChI is InChI=1S/C22H26N4O3/c1-4-25(5-2)14-15-8-7-9-17(12-15)23-20(27)16-10-11-19-18(13-16)24-21(28)22(29)26(19)6-3/h7-13H,4-6,14H2,1-3H3,(H,23,27)(H,24,28). The number of nitrogens with one attached hydrogen (secondary N) is 2. The molecule has 3 aromatic rings. The fraction of sp³-hybridized carbons (Fsp3) is 0.318. The maximum atomic E-state index is 12.7. The summed E-state index contributed by atoms with van der Waals surface area (Å²) in [6, 6.07) is 12.7. The van der Waals surface area contributed by atoms with Crippen LogP contribution in [-0.4, -0.2) is 33.4 Å². The highest BCUT2D eigenvalue weighted by Gasteiger charge is 2.11. The quantitative estimate of drug-likeness (QED) is 0.603. The number of amides is 1. The first-order chi connectivity index (χ1) is 14.0. The molecule has 0 bridgehead atoms. The smallest absolute Gasteiger partial charge is 0.316 e. The van der Waals surface area contributed by atoms with Gasteiger partial charge in [0.1, 0.15) is 0 Å². The van der Waals surface area contributed by atoms with Gasteiger partial charge in [-0.15, -0.1) is 0 Å². The Labute approximate surface area is 169 Å². The van der Waals surface area contributed by atoms with Crippen LogP contribution in [0.5, 0.6) is 0 Å². The van der Waals surface area contributed by atoms with Crippen molar-refractivity contribution in [1.29, 1.82) is 0 Å². The predicted octanol–water partition coefficient (Wildman–Crippen LogP) is 2.80. The minimum Gasteiger partial charge on any atom is -0.322 e. The number of benzene rings is 2. The highest BCUT2D eigenvalue weighted by atomic mass is 16.2. The van der Waals surface area contributed by atoms with Crippen LogP contribution >= 0.6 is 0 Å². The van der Waals surface area contributed by atoms with Gasteiger partial charge in [-0.2, -0.15) is 0 Å². The first-order valence-corrected chi connectivity index (χ1v) is 9.86. The van der Waals surface area contributed by atoms with Gasteiger partial charge in [0.05, 0.1) is 11.0 Å². The summed E-state index contributed by atoms with van der Waals surface area (Å²) in [6.07, 6.45) is 0. The van der Waals surface area contributed by atoms with Gasteiger partial charge in [-0.3, -0.25) is 19.3 Å². The molecule has 0 aliphatic rings. The Hall–Kier alpha value is -3.19. The third-order valence-corrected chi connectivity index (χ3v) is 5.04. The molecule has 0 aliphatic heterocycles. The molecule has 0 atom stereocenters. The zero-order chi connectivity index (χ0) is 21.0. The van der Waals surface area contributed by atoms with Crippen LogP contribution in [0.1, 0.15) is 36.7 Å². The van der Waals surface area contributed by atoms with Crippen LogP contribution in [0.3, 0.4) is 0 Å². The lowest BCUT2D eigenvalue weighted by Crippen LogP contribution is -2.36. The molecule has 7 nitrogen and oxygen atoms in total. The summed E-state index contributed by atoms with van der Waals surface area (Å²) in [7, 11) is 0. The van der Waals surface area contributed by atoms with Crippen molar-refractivity contribution in [3.05, 3.63) is 74.3 Å². The van der Waals surface area contributed by atoms with E-state index in [1.165, 1.54) is 4.57 Å². The normalized spacial score (nSPS) is 11.2. The number of rotatable bonds is 7. The predicted molar refractivity (Wildman–Crippen MR) is 116 cm³/mol. The molecular weight excluding hydrogens is 368 g/mol. The molecule has 1 aromatic heterocycles. The number of H-pyrrole nitrogens is 1. The van der Waals surface area contributed by atoms with Gasteiger partial charge >= 0.3 is 11.1 Å². The van der Waals surface area contributed by atoms with Crippen LogP contribution in [-0.2, 0) is 13.1 Å². The molecule has 0 saturated heterocycles. The van der Waals surface area contributed by atoms with Crippen molar-refractivity contribution >= 4 is 22.6 Å². The maximum absolute atomic E-state index is 12.7. The second-order valence-corrected chi connectivity index (χ2v) is 6.85. The molecule has 29 heavy (non-hydrogen) atoms. The number of anilines is 1. The molecule has 152 valence electrons. The van der Waals surface area contributed by atoms with Crippen molar-refractivity contribution in [3.63, 3.8) is 0 Å². The van der Waals surface area contributed by atoms with Crippen LogP contribution in [0.4, 0.5) is 5.69 Å². The van der Waals surface area contributed by atoms with E-state index >= 15 is 0 Å². The van der Waals surface area contributed by atoms with Crippen molar-refractivity contribution < 1.29 is 4.79 Å². The number of hydrogen-bond donors (Lipinski definition) is 2. The lowest BCUT2D eigenvalue weighted by molar-refractivity contribution is 0.102. The van der Waals surface area contributed by atoms with E-state index in [4.69, 9.17) is 0 Å². The largest absolute Gasteiger partial charge is 0.322 e. The highest BCUT2D eigenvalue weighted by molar-refractivity contribution is 6.05. The molecule has 1 heterocycles. The molecule has 7 heteroatoms. The minimum absolute atomic E-state index is 0.276. The number of aromatic nitrogens is 2. The number of fused-ring (bicyclic) bond motifs is 1. The number of carbonyl (C=O) groups excluding carboxylic acids is 1. The van der Waals surface area contributed by atoms with Crippen LogP contribution in [0.2, 0.25) is 0 Å². The zero-order valence-corrected chi connectivity index (χ0v) is 17.0. The lowest BCUT2D eigenvalue weighted by atomic mass is 10.1. The van der Waals surface area contributed by atoms with Gasteiger partial charge in [0.2, 0.25) is 0 Å². The Morgan fingerprint density at radius 3 is 2.52 bits per heavy atom. The summed E-state index contributed by atoms with van der Waals surface area (Å²) in [5.74, 6) is -0.276. The Kier molecular flexibility index (Phi) is 6.29. The fourth-order valence-electron chi connectivity index (χ4n) is 3.39. The SMILES string of the molecule is CCN(CC)Cc1cccc(NC(=O)c2ccc3c(c2)[nH]c(=O)c(=O)n3CC)c1. The molecule has 3 rings (SSSR count). The zero-order valence-electron chi connectivity index (χ0n) is 17.0. The number of carbonyl (C=O) groups is 1. The van der Waals surface area contributed by atoms with E-state index < -0.39 is 11.1 Å². The molecule has 2 N–H and O–H groups in total. The molecule has 0 spiro atoms. The molecule has 0 aliphatic carbocycles. The van der Waals surface area contributed by atoms with E-state index in [9.17, 15) is 14.4 Å². The third kappa shape index (κ3) is 4.46. The Balaban J connectivity index is 1.86. The molecule has 1 amide bonds. The van der Waals surface area contributed by atoms with Crippen molar-refractivity contribution in [2.75, 3.05) is 18.4 Å². The molecule has 0 unspecified atom stereocenters. The van der Waals surface area contributed by atoms with E-state index in [1.807, 2.05) is 24.3 Å². The third-order valence-electron chi connectivity index (χ3n) is 5.04. The van der Waals surface area contributed by atoms with Gasteiger partial charge in [-0.05, 0) is 55.9 Å². The van der Waals surface area contributed by atoms with Crippen LogP contribution in [0.15, 0.2) is 52.1 Å². The van der Waals surface area contributed by atoms with Crippen LogP contribution < -0.4 is 16.4 Å². The summed E-state index contributed by atoms with van der Waals surface area (Å²) in [5, 5.41) is 2.91. The lowest BCUT2D eigenvalue weighted by Gasteiger charge is -2.18. The van der Waals surface area contributed by atoms with Gasteiger partial charge in [0.15, 0.2) is 0 Å². The minimum atomic E-state index is -0.694. The average Bonchev–Trinajstić information content (AvgIpc) is 2.73. The summed E-state index contributed by atoms with van der Waals surface area (Å²) in [4.78, 5) is 41.4. The van der Waals surface area contributed by atoms with Crippen molar-refractivity contribution in [1.82, 2.24) is 14.5 Å². The molecular formula is C22H26N4O3. The van der Waals surface area contributed by atoms with Gasteiger partial charge in [0.25, 0.3) is 5.91 Å². The topological polar surface area (TPSA) is 87.2 Å². The first kappa shape index (κ1) is 20.5. The number of nitrogens with zero attached hydrogens (tertiary/aromatic N) is 2. The van der Waals surface area contributed by atoms with Gasteiger partial charge in [0, 0.05) is 24.3 Å². The maximum Gasteiger partial charge on any atom is 0.316 e. The highest BCUT2D eigenvalue weighted by Crippen LogP contribution is 2.16. The molecule has 2 aromatic carbocycles. The summed E-state index contributed by atoms with van der Waals surface area (Å²) >= 11 is 0. The fourth-order valence-corrected chi connectivity index (χ4v) is 3.39. The van der Waals surface area contributed by atoms with E-state index in [1.54, 1.807) is 25.1 Å². The van der Waals surface area contributed by atoms with E-state index in [2.05, 4.69) is 29.0 Å².